The predicted molar refractivity (Wildman–Crippen MR) is 83.3 cm³/mol. The van der Waals surface area contributed by atoms with Gasteiger partial charge in [-0.3, -0.25) is 9.89 Å². The number of carbonyl (C=O) groups excluding carboxylic acids is 1. The molecule has 112 valence electrons. The second kappa shape index (κ2) is 5.85. The first-order chi connectivity index (χ1) is 10.2. The molecule has 0 aliphatic carbocycles. The van der Waals surface area contributed by atoms with Crippen LogP contribution in [0.5, 0.6) is 0 Å². The average Bonchev–Trinajstić information content (AvgIpc) is 3.13. The minimum absolute atomic E-state index is 0.0103. The van der Waals surface area contributed by atoms with E-state index in [-0.39, 0.29) is 11.9 Å². The van der Waals surface area contributed by atoms with Crippen molar-refractivity contribution in [3.8, 4) is 0 Å². The van der Waals surface area contributed by atoms with E-state index in [1.54, 1.807) is 0 Å². The van der Waals surface area contributed by atoms with E-state index < -0.39 is 0 Å². The second-order valence-electron chi connectivity index (χ2n) is 5.96. The van der Waals surface area contributed by atoms with Crippen molar-refractivity contribution in [3.63, 3.8) is 0 Å². The minimum atomic E-state index is 0.0103. The van der Waals surface area contributed by atoms with E-state index >= 15 is 0 Å². The van der Waals surface area contributed by atoms with E-state index in [4.69, 9.17) is 0 Å². The Morgan fingerprint density at radius 2 is 2.24 bits per heavy atom. The highest BCUT2D eigenvalue weighted by Gasteiger charge is 2.26. The fraction of sp³-hybridized carbons (Fsp3) is 0.500. The summed E-state index contributed by atoms with van der Waals surface area (Å²) in [6.07, 6.45) is 2.33. The summed E-state index contributed by atoms with van der Waals surface area (Å²) in [7, 11) is 0. The molecule has 5 nitrogen and oxygen atoms in total. The number of amides is 1. The summed E-state index contributed by atoms with van der Waals surface area (Å²) in [5.74, 6) is 0.0103. The molecule has 1 fully saturated rings. The van der Waals surface area contributed by atoms with Gasteiger partial charge in [0.2, 0.25) is 0 Å². The molecule has 0 spiro atoms. The molecule has 0 saturated carbocycles. The summed E-state index contributed by atoms with van der Waals surface area (Å²) >= 11 is 0. The molecule has 1 aromatic carbocycles. The van der Waals surface area contributed by atoms with Crippen LogP contribution >= 0.6 is 0 Å². The molecule has 1 atom stereocenters. The molecule has 2 aromatic rings. The summed E-state index contributed by atoms with van der Waals surface area (Å²) < 4.78 is 0. The van der Waals surface area contributed by atoms with Crippen LogP contribution in [0.4, 0.5) is 0 Å². The number of para-hydroxylation sites is 1. The molecule has 3 rings (SSSR count). The van der Waals surface area contributed by atoms with E-state index in [0.717, 1.165) is 30.4 Å². The van der Waals surface area contributed by atoms with Crippen molar-refractivity contribution in [1.29, 1.82) is 0 Å². The maximum Gasteiger partial charge on any atom is 0.275 e. The number of H-pyrrole nitrogens is 1. The quantitative estimate of drug-likeness (QED) is 0.905. The monoisotopic (exact) mass is 286 g/mol. The van der Waals surface area contributed by atoms with E-state index in [1.807, 2.05) is 29.2 Å². The number of fused-ring (bicyclic) bond motifs is 1. The van der Waals surface area contributed by atoms with Gasteiger partial charge >= 0.3 is 0 Å². The number of nitrogens with zero attached hydrogens (tertiary/aromatic N) is 2. The fourth-order valence-electron chi connectivity index (χ4n) is 2.94. The highest BCUT2D eigenvalue weighted by Crippen LogP contribution is 2.19. The van der Waals surface area contributed by atoms with Gasteiger partial charge in [0.25, 0.3) is 5.91 Å². The number of aromatic nitrogens is 2. The Balaban J connectivity index is 1.86. The third kappa shape index (κ3) is 2.78. The zero-order chi connectivity index (χ0) is 14.8. The van der Waals surface area contributed by atoms with Crippen LogP contribution in [-0.4, -0.2) is 46.2 Å². The van der Waals surface area contributed by atoms with Crippen LogP contribution in [0.1, 0.15) is 37.2 Å². The highest BCUT2D eigenvalue weighted by molar-refractivity contribution is 6.04. The molecular weight excluding hydrogens is 264 g/mol. The number of nitrogens with one attached hydrogen (secondary N) is 2. The molecule has 0 radical (unpaired) electrons. The molecule has 1 amide bonds. The molecule has 1 unspecified atom stereocenters. The molecule has 2 heterocycles. The van der Waals surface area contributed by atoms with E-state index in [2.05, 4.69) is 29.4 Å². The Kier molecular flexibility index (Phi) is 3.92. The standard InChI is InChI=1S/C16H22N4O/c1-11(2)20(10-12-6-5-9-17-12)16(21)15-13-7-3-4-8-14(13)18-19-15/h3-4,7-8,11-12,17H,5-6,9-10H2,1-2H3,(H,18,19). The number of rotatable bonds is 4. The van der Waals surface area contributed by atoms with Crippen molar-refractivity contribution in [2.24, 2.45) is 0 Å². The summed E-state index contributed by atoms with van der Waals surface area (Å²) in [6.45, 7) is 5.91. The molecule has 1 aliphatic rings. The van der Waals surface area contributed by atoms with Crippen LogP contribution in [0, 0.1) is 0 Å². The molecule has 2 N–H and O–H groups in total. The summed E-state index contributed by atoms with van der Waals surface area (Å²) in [4.78, 5) is 14.8. The van der Waals surface area contributed by atoms with E-state index in [0.29, 0.717) is 11.7 Å². The van der Waals surface area contributed by atoms with Crippen molar-refractivity contribution < 1.29 is 4.79 Å². The molecular formula is C16H22N4O. The lowest BCUT2D eigenvalue weighted by molar-refractivity contribution is 0.0685. The Labute approximate surface area is 124 Å². The van der Waals surface area contributed by atoms with Crippen LogP contribution in [0.2, 0.25) is 0 Å². The minimum Gasteiger partial charge on any atom is -0.333 e. The lowest BCUT2D eigenvalue weighted by atomic mass is 10.1. The lowest BCUT2D eigenvalue weighted by Crippen LogP contribution is -2.45. The zero-order valence-electron chi connectivity index (χ0n) is 12.6. The van der Waals surface area contributed by atoms with Crippen LogP contribution in [0.15, 0.2) is 24.3 Å². The largest absolute Gasteiger partial charge is 0.333 e. The predicted octanol–water partition coefficient (Wildman–Crippen LogP) is 2.17. The molecule has 1 aliphatic heterocycles. The lowest BCUT2D eigenvalue weighted by Gasteiger charge is -2.29. The van der Waals surface area contributed by atoms with Crippen LogP contribution < -0.4 is 5.32 Å². The smallest absolute Gasteiger partial charge is 0.275 e. The van der Waals surface area contributed by atoms with Gasteiger partial charge in [-0.15, -0.1) is 0 Å². The van der Waals surface area contributed by atoms with Crippen molar-refractivity contribution in [3.05, 3.63) is 30.0 Å². The van der Waals surface area contributed by atoms with Gasteiger partial charge in [-0.2, -0.15) is 5.10 Å². The third-order valence-electron chi connectivity index (χ3n) is 4.14. The van der Waals surface area contributed by atoms with Gasteiger partial charge in [0.1, 0.15) is 0 Å². The average molecular weight is 286 g/mol. The van der Waals surface area contributed by atoms with Gasteiger partial charge in [-0.1, -0.05) is 18.2 Å². The van der Waals surface area contributed by atoms with Crippen molar-refractivity contribution in [2.75, 3.05) is 13.1 Å². The number of aromatic amines is 1. The molecule has 21 heavy (non-hydrogen) atoms. The number of benzene rings is 1. The van der Waals surface area contributed by atoms with Gasteiger partial charge in [0.05, 0.1) is 5.52 Å². The van der Waals surface area contributed by atoms with Gasteiger partial charge in [-0.05, 0) is 39.3 Å². The van der Waals surface area contributed by atoms with Crippen molar-refractivity contribution in [1.82, 2.24) is 20.4 Å². The molecule has 0 bridgehead atoms. The number of carbonyl (C=O) groups is 1. The summed E-state index contributed by atoms with van der Waals surface area (Å²) in [6, 6.07) is 8.33. The van der Waals surface area contributed by atoms with Crippen LogP contribution in [-0.2, 0) is 0 Å². The first-order valence-electron chi connectivity index (χ1n) is 7.64. The van der Waals surface area contributed by atoms with Crippen molar-refractivity contribution >= 4 is 16.8 Å². The first kappa shape index (κ1) is 14.1. The van der Waals surface area contributed by atoms with Crippen LogP contribution in [0.25, 0.3) is 10.9 Å². The Hall–Kier alpha value is -1.88. The maximum atomic E-state index is 12.9. The van der Waals surface area contributed by atoms with Gasteiger partial charge < -0.3 is 10.2 Å². The number of hydrogen-bond acceptors (Lipinski definition) is 3. The summed E-state index contributed by atoms with van der Waals surface area (Å²) in [5, 5.41) is 11.5. The fourth-order valence-corrected chi connectivity index (χ4v) is 2.94. The van der Waals surface area contributed by atoms with Gasteiger partial charge in [-0.25, -0.2) is 0 Å². The zero-order valence-corrected chi connectivity index (χ0v) is 12.6. The Morgan fingerprint density at radius 1 is 1.43 bits per heavy atom. The molecule has 1 aromatic heterocycles. The van der Waals surface area contributed by atoms with Gasteiger partial charge in [0.15, 0.2) is 5.69 Å². The number of hydrogen-bond donors (Lipinski definition) is 2. The van der Waals surface area contributed by atoms with E-state index in [1.165, 1.54) is 6.42 Å². The first-order valence-corrected chi connectivity index (χ1v) is 7.64. The SMILES string of the molecule is CC(C)N(CC1CCCN1)C(=O)c1n[nH]c2ccccc12. The summed E-state index contributed by atoms with van der Waals surface area (Å²) in [5.41, 5.74) is 1.43. The van der Waals surface area contributed by atoms with Gasteiger partial charge in [0, 0.05) is 24.0 Å². The Bertz CT molecular complexity index is 628. The second-order valence-corrected chi connectivity index (χ2v) is 5.96. The topological polar surface area (TPSA) is 61.0 Å². The Morgan fingerprint density at radius 3 is 2.95 bits per heavy atom. The van der Waals surface area contributed by atoms with Crippen LogP contribution in [0.3, 0.4) is 0 Å². The van der Waals surface area contributed by atoms with E-state index in [9.17, 15) is 4.79 Å². The normalized spacial score (nSPS) is 18.5. The third-order valence-corrected chi connectivity index (χ3v) is 4.14. The molecule has 5 heteroatoms. The van der Waals surface area contributed by atoms with Crippen molar-refractivity contribution in [2.45, 2.75) is 38.8 Å². The highest BCUT2D eigenvalue weighted by atomic mass is 16.2. The maximum absolute atomic E-state index is 12.9. The molecule has 1 saturated heterocycles.